The summed E-state index contributed by atoms with van der Waals surface area (Å²) in [5.41, 5.74) is 1.78. The molecule has 2 heterocycles. The van der Waals surface area contributed by atoms with E-state index in [1.807, 2.05) is 6.92 Å². The number of sulfone groups is 1. The lowest BCUT2D eigenvalue weighted by atomic mass is 10.3. The first-order valence-electron chi connectivity index (χ1n) is 5.99. The Morgan fingerprint density at radius 2 is 1.95 bits per heavy atom. The summed E-state index contributed by atoms with van der Waals surface area (Å²) in [6.45, 7) is 3.57. The summed E-state index contributed by atoms with van der Waals surface area (Å²) >= 11 is 0. The van der Waals surface area contributed by atoms with Gasteiger partial charge in [-0.1, -0.05) is 6.07 Å². The molecule has 0 amide bonds. The number of nitrogens with one attached hydrogen (secondary N) is 1. The molecule has 3 aromatic rings. The molecule has 0 saturated carbocycles. The van der Waals surface area contributed by atoms with Gasteiger partial charge >= 0.3 is 0 Å². The molecule has 20 heavy (non-hydrogen) atoms. The molecule has 0 unspecified atom stereocenters. The molecule has 6 nitrogen and oxygen atoms in total. The van der Waals surface area contributed by atoms with Gasteiger partial charge in [0.05, 0.1) is 16.1 Å². The highest BCUT2D eigenvalue weighted by atomic mass is 32.2. The summed E-state index contributed by atoms with van der Waals surface area (Å²) in [7, 11) is -3.33. The second-order valence-electron chi connectivity index (χ2n) is 4.66. The second kappa shape index (κ2) is 4.17. The predicted molar refractivity (Wildman–Crippen MR) is 74.2 cm³/mol. The van der Waals surface area contributed by atoms with E-state index in [1.165, 1.54) is 6.26 Å². The lowest BCUT2D eigenvalue weighted by molar-refractivity contribution is 0.531. The van der Waals surface area contributed by atoms with Crippen LogP contribution in [0.4, 0.5) is 0 Å². The van der Waals surface area contributed by atoms with Crippen LogP contribution < -0.4 is 0 Å². The molecule has 0 radical (unpaired) electrons. The number of nitrogens with zero attached hydrogens (tertiary/aromatic N) is 2. The predicted octanol–water partition coefficient (Wildman–Crippen LogP) is 2.24. The van der Waals surface area contributed by atoms with E-state index in [9.17, 15) is 8.42 Å². The van der Waals surface area contributed by atoms with E-state index in [4.69, 9.17) is 4.42 Å². The second-order valence-corrected chi connectivity index (χ2v) is 6.64. The molecule has 0 aliphatic carbocycles. The van der Waals surface area contributed by atoms with Gasteiger partial charge in [-0.15, -0.1) is 0 Å². The minimum absolute atomic E-state index is 0.200. The van der Waals surface area contributed by atoms with Crippen molar-refractivity contribution in [2.24, 2.45) is 0 Å². The maximum atomic E-state index is 11.8. The van der Waals surface area contributed by atoms with Crippen LogP contribution >= 0.6 is 0 Å². The van der Waals surface area contributed by atoms with Crippen molar-refractivity contribution < 1.29 is 12.8 Å². The van der Waals surface area contributed by atoms with Gasteiger partial charge in [0.25, 0.3) is 0 Å². The fourth-order valence-electron chi connectivity index (χ4n) is 2.16. The van der Waals surface area contributed by atoms with Gasteiger partial charge in [0.1, 0.15) is 5.52 Å². The summed E-state index contributed by atoms with van der Waals surface area (Å²) in [6, 6.07) is 5.00. The van der Waals surface area contributed by atoms with Crippen LogP contribution in [0.5, 0.6) is 0 Å². The van der Waals surface area contributed by atoms with Crippen molar-refractivity contribution in [3.05, 3.63) is 29.8 Å². The fourth-order valence-corrected chi connectivity index (χ4v) is 3.00. The molecule has 0 saturated heterocycles. The summed E-state index contributed by atoms with van der Waals surface area (Å²) in [4.78, 5) is 11.8. The van der Waals surface area contributed by atoms with Gasteiger partial charge in [0.15, 0.2) is 27.3 Å². The fraction of sp³-hybridized carbons (Fsp3) is 0.231. The Hall–Kier alpha value is -2.15. The van der Waals surface area contributed by atoms with E-state index in [0.717, 1.165) is 0 Å². The summed E-state index contributed by atoms with van der Waals surface area (Å²) in [5, 5.41) is 0. The zero-order chi connectivity index (χ0) is 14.5. The summed E-state index contributed by atoms with van der Waals surface area (Å²) in [6.07, 6.45) is 1.17. The molecule has 1 aromatic carbocycles. The van der Waals surface area contributed by atoms with Gasteiger partial charge < -0.3 is 9.40 Å². The molecule has 0 fully saturated rings. The number of imidazole rings is 1. The minimum atomic E-state index is -3.33. The normalized spacial score (nSPS) is 12.2. The molecule has 0 bridgehead atoms. The summed E-state index contributed by atoms with van der Waals surface area (Å²) in [5.74, 6) is 1.55. The van der Waals surface area contributed by atoms with Crippen molar-refractivity contribution in [3.8, 4) is 11.6 Å². The van der Waals surface area contributed by atoms with Crippen molar-refractivity contribution in [2.75, 3.05) is 6.26 Å². The van der Waals surface area contributed by atoms with E-state index < -0.39 is 9.84 Å². The number of benzene rings is 1. The number of oxazole rings is 1. The maximum Gasteiger partial charge on any atom is 0.192 e. The lowest BCUT2D eigenvalue weighted by Crippen LogP contribution is -1.97. The number of H-pyrrole nitrogens is 1. The number of rotatable bonds is 2. The largest absolute Gasteiger partial charge is 0.437 e. The molecular weight excluding hydrogens is 278 g/mol. The number of para-hydroxylation sites is 1. The van der Waals surface area contributed by atoms with Crippen molar-refractivity contribution in [2.45, 2.75) is 18.7 Å². The quantitative estimate of drug-likeness (QED) is 0.782. The third-order valence-corrected chi connectivity index (χ3v) is 4.12. The Labute approximate surface area is 115 Å². The molecule has 2 aromatic heterocycles. The Bertz CT molecular complexity index is 906. The monoisotopic (exact) mass is 291 g/mol. The SMILES string of the molecule is Cc1nc(C)c(-c2nc3c(S(C)(=O)=O)cccc3[nH]2)o1. The highest BCUT2D eigenvalue weighted by Crippen LogP contribution is 2.27. The van der Waals surface area contributed by atoms with Crippen molar-refractivity contribution >= 4 is 20.9 Å². The highest BCUT2D eigenvalue weighted by molar-refractivity contribution is 7.91. The first-order chi connectivity index (χ1) is 9.36. The molecular formula is C13H13N3O3S. The molecule has 1 N–H and O–H groups in total. The van der Waals surface area contributed by atoms with E-state index in [-0.39, 0.29) is 4.90 Å². The van der Waals surface area contributed by atoms with Gasteiger partial charge in [-0.25, -0.2) is 18.4 Å². The summed E-state index contributed by atoms with van der Waals surface area (Å²) < 4.78 is 29.0. The standard InChI is InChI=1S/C13H13N3O3S/c1-7-12(19-8(2)14-7)13-15-9-5-4-6-10(11(9)16-13)20(3,17)18/h4-6H,1-3H3,(H,15,16). The first kappa shape index (κ1) is 12.9. The van der Waals surface area contributed by atoms with Gasteiger partial charge in [-0.05, 0) is 19.1 Å². The van der Waals surface area contributed by atoms with Crippen LogP contribution in [0.15, 0.2) is 27.5 Å². The van der Waals surface area contributed by atoms with E-state index in [1.54, 1.807) is 25.1 Å². The molecule has 0 aliphatic rings. The zero-order valence-corrected chi connectivity index (χ0v) is 12.1. The number of hydrogen-bond donors (Lipinski definition) is 1. The maximum absolute atomic E-state index is 11.8. The molecule has 7 heteroatoms. The van der Waals surface area contributed by atoms with Gasteiger partial charge in [-0.3, -0.25) is 0 Å². The van der Waals surface area contributed by atoms with Crippen LogP contribution in [0.25, 0.3) is 22.6 Å². The van der Waals surface area contributed by atoms with E-state index in [2.05, 4.69) is 15.0 Å². The topological polar surface area (TPSA) is 88.9 Å². The van der Waals surface area contributed by atoms with E-state index in [0.29, 0.717) is 34.2 Å². The number of aryl methyl sites for hydroxylation is 2. The van der Waals surface area contributed by atoms with Crippen molar-refractivity contribution in [3.63, 3.8) is 0 Å². The third-order valence-electron chi connectivity index (χ3n) is 2.99. The third kappa shape index (κ3) is 2.00. The van der Waals surface area contributed by atoms with Crippen molar-refractivity contribution in [1.29, 1.82) is 0 Å². The molecule has 104 valence electrons. The Kier molecular flexibility index (Phi) is 2.68. The van der Waals surface area contributed by atoms with E-state index >= 15 is 0 Å². The number of fused-ring (bicyclic) bond motifs is 1. The smallest absolute Gasteiger partial charge is 0.192 e. The Morgan fingerprint density at radius 1 is 1.20 bits per heavy atom. The average molecular weight is 291 g/mol. The number of hydrogen-bond acceptors (Lipinski definition) is 5. The molecule has 0 aliphatic heterocycles. The van der Waals surface area contributed by atoms with Crippen LogP contribution in [-0.4, -0.2) is 29.6 Å². The lowest BCUT2D eigenvalue weighted by Gasteiger charge is -1.97. The van der Waals surface area contributed by atoms with Crippen LogP contribution in [0.1, 0.15) is 11.6 Å². The first-order valence-corrected chi connectivity index (χ1v) is 7.88. The van der Waals surface area contributed by atoms with Gasteiger partial charge in [-0.2, -0.15) is 0 Å². The Balaban J connectivity index is 2.29. The van der Waals surface area contributed by atoms with Gasteiger partial charge in [0.2, 0.25) is 0 Å². The van der Waals surface area contributed by atoms with Crippen LogP contribution in [-0.2, 0) is 9.84 Å². The average Bonchev–Trinajstić information content (AvgIpc) is 2.89. The van der Waals surface area contributed by atoms with Crippen LogP contribution in [0, 0.1) is 13.8 Å². The highest BCUT2D eigenvalue weighted by Gasteiger charge is 2.18. The zero-order valence-electron chi connectivity index (χ0n) is 11.3. The molecule has 0 spiro atoms. The number of aromatic amines is 1. The molecule has 3 rings (SSSR count). The van der Waals surface area contributed by atoms with Gasteiger partial charge in [0, 0.05) is 13.2 Å². The van der Waals surface area contributed by atoms with Crippen LogP contribution in [0.3, 0.4) is 0 Å². The minimum Gasteiger partial charge on any atom is -0.437 e. The van der Waals surface area contributed by atoms with Crippen LogP contribution in [0.2, 0.25) is 0 Å². The number of aromatic nitrogens is 3. The Morgan fingerprint density at radius 3 is 2.55 bits per heavy atom. The molecule has 0 atom stereocenters. The van der Waals surface area contributed by atoms with Crippen molar-refractivity contribution in [1.82, 2.24) is 15.0 Å².